The van der Waals surface area contributed by atoms with Crippen LogP contribution in [0, 0.1) is 0 Å². The Morgan fingerprint density at radius 2 is 1.73 bits per heavy atom. The summed E-state index contributed by atoms with van der Waals surface area (Å²) in [6.07, 6.45) is 4.16. The number of amides is 2. The van der Waals surface area contributed by atoms with Crippen molar-refractivity contribution in [1.82, 2.24) is 9.80 Å². The molecule has 0 N–H and O–H groups in total. The quantitative estimate of drug-likeness (QED) is 0.680. The Kier molecular flexibility index (Phi) is 5.55. The highest BCUT2D eigenvalue weighted by Gasteiger charge is 2.55. The molecule has 0 radical (unpaired) electrons. The number of likely N-dealkylation sites (tertiary alicyclic amines) is 1. The zero-order valence-corrected chi connectivity index (χ0v) is 19.0. The van der Waals surface area contributed by atoms with E-state index in [2.05, 4.69) is 33.9 Å². The van der Waals surface area contributed by atoms with Crippen molar-refractivity contribution in [2.24, 2.45) is 0 Å². The number of carbonyl (C=O) groups is 2. The van der Waals surface area contributed by atoms with Crippen molar-refractivity contribution in [3.05, 3.63) is 71.4 Å². The summed E-state index contributed by atoms with van der Waals surface area (Å²) in [6, 6.07) is 18.2. The zero-order valence-electron chi connectivity index (χ0n) is 19.0. The van der Waals surface area contributed by atoms with Gasteiger partial charge >= 0.3 is 0 Å². The molecule has 2 fully saturated rings. The average Bonchev–Trinajstić information content (AvgIpc) is 3.13. The number of para-hydroxylation sites is 1. The molecule has 0 bridgehead atoms. The number of hydrogen-bond donors (Lipinski definition) is 0. The minimum atomic E-state index is -0.762. The molecule has 1 spiro atoms. The lowest BCUT2D eigenvalue weighted by molar-refractivity contribution is -0.143. The van der Waals surface area contributed by atoms with E-state index >= 15 is 0 Å². The summed E-state index contributed by atoms with van der Waals surface area (Å²) < 4.78 is 0. The Hall–Kier alpha value is -3.37. The number of piperidine rings is 1. The molecule has 5 rings (SSSR count). The Morgan fingerprint density at radius 1 is 1.03 bits per heavy atom. The summed E-state index contributed by atoms with van der Waals surface area (Å²) in [4.78, 5) is 43.4. The first kappa shape index (κ1) is 21.5. The third-order valence-electron chi connectivity index (χ3n) is 7.63. The molecule has 1 unspecified atom stereocenters. The predicted molar refractivity (Wildman–Crippen MR) is 126 cm³/mol. The van der Waals surface area contributed by atoms with Crippen LogP contribution in [0.25, 0.3) is 0 Å². The van der Waals surface area contributed by atoms with Crippen LogP contribution < -0.4 is 4.90 Å². The van der Waals surface area contributed by atoms with E-state index in [0.29, 0.717) is 31.6 Å². The maximum Gasteiger partial charge on any atom is 0.256 e. The molecule has 3 aliphatic rings. The van der Waals surface area contributed by atoms with Crippen molar-refractivity contribution in [2.45, 2.75) is 50.5 Å². The van der Waals surface area contributed by atoms with Gasteiger partial charge in [0.15, 0.2) is 0 Å². The number of nitrogens with zero attached hydrogens (tertiary/aromatic N) is 3. The number of hydrogen-bond acceptors (Lipinski definition) is 5. The fraction of sp³-hybridized carbons (Fsp3) is 0.407. The predicted octanol–water partition coefficient (Wildman–Crippen LogP) is 3.51. The lowest BCUT2D eigenvalue weighted by Gasteiger charge is -2.45. The van der Waals surface area contributed by atoms with E-state index in [0.717, 1.165) is 24.9 Å². The van der Waals surface area contributed by atoms with Gasteiger partial charge in [-0.15, -0.1) is 0 Å². The number of anilines is 1. The fourth-order valence-electron chi connectivity index (χ4n) is 5.88. The summed E-state index contributed by atoms with van der Waals surface area (Å²) >= 11 is 0. The second kappa shape index (κ2) is 8.53. The van der Waals surface area contributed by atoms with Gasteiger partial charge in [0.05, 0.1) is 0 Å². The van der Waals surface area contributed by atoms with E-state index in [4.69, 9.17) is 0 Å². The summed E-state index contributed by atoms with van der Waals surface area (Å²) in [5.74, 6) is 1.97. The topological polar surface area (TPSA) is 60.9 Å². The number of fused-ring (bicyclic) bond motifs is 1. The molecule has 0 aromatic heterocycles. The van der Waals surface area contributed by atoms with Crippen LogP contribution >= 0.6 is 0 Å². The van der Waals surface area contributed by atoms with Gasteiger partial charge in [0.2, 0.25) is 5.91 Å². The maximum absolute atomic E-state index is 13.5. The Bertz CT molecular complexity index is 1110. The molecule has 33 heavy (non-hydrogen) atoms. The van der Waals surface area contributed by atoms with Crippen LogP contribution in [0.15, 0.2) is 60.3 Å². The zero-order chi connectivity index (χ0) is 23.0. The second-order valence-corrected chi connectivity index (χ2v) is 9.31. The molecule has 2 amide bonds. The van der Waals surface area contributed by atoms with Crippen molar-refractivity contribution < 1.29 is 14.4 Å². The van der Waals surface area contributed by atoms with Crippen LogP contribution in [-0.4, -0.2) is 52.9 Å². The van der Waals surface area contributed by atoms with Crippen LogP contribution in [0.4, 0.5) is 5.69 Å². The van der Waals surface area contributed by atoms with Crippen molar-refractivity contribution in [3.63, 3.8) is 0 Å². The minimum absolute atomic E-state index is 0.0553. The lowest BCUT2D eigenvalue weighted by Crippen LogP contribution is -2.56. The monoisotopic (exact) mass is 443 g/mol. The largest absolute Gasteiger partial charge is 0.365 e. The molecular formula is C27H29N3O3. The van der Waals surface area contributed by atoms with Gasteiger partial charge in [0.1, 0.15) is 23.8 Å². The minimum Gasteiger partial charge on any atom is -0.365 e. The van der Waals surface area contributed by atoms with Crippen LogP contribution in [-0.2, 0) is 20.8 Å². The number of allylic oxidation sites excluding steroid dienone is 1. The van der Waals surface area contributed by atoms with Crippen molar-refractivity contribution in [1.29, 1.82) is 0 Å². The van der Waals surface area contributed by atoms with Gasteiger partial charge in [-0.1, -0.05) is 42.5 Å². The van der Waals surface area contributed by atoms with Crippen LogP contribution in [0.5, 0.6) is 0 Å². The summed E-state index contributed by atoms with van der Waals surface area (Å²) in [7, 11) is 0. The van der Waals surface area contributed by atoms with Crippen molar-refractivity contribution >= 4 is 23.4 Å². The first-order valence-corrected chi connectivity index (χ1v) is 11.8. The van der Waals surface area contributed by atoms with E-state index in [1.807, 2.05) is 36.4 Å². The van der Waals surface area contributed by atoms with Gasteiger partial charge < -0.3 is 9.80 Å². The van der Waals surface area contributed by atoms with E-state index < -0.39 is 5.54 Å². The molecule has 2 aromatic carbocycles. The van der Waals surface area contributed by atoms with E-state index in [-0.39, 0.29) is 24.4 Å². The average molecular weight is 444 g/mol. The highest BCUT2D eigenvalue weighted by molar-refractivity contribution is 6.04. The highest BCUT2D eigenvalue weighted by atomic mass is 16.2. The van der Waals surface area contributed by atoms with E-state index in [1.165, 1.54) is 23.0 Å². The van der Waals surface area contributed by atoms with Crippen molar-refractivity contribution in [3.8, 4) is 0 Å². The SMILES string of the molecule is CC(=O)N1CN(c2ccccc2)C2(CCN(C(=C=O)C3CCCc4ccccc43)CC2)C1=O. The molecule has 2 aromatic rings. The number of rotatable bonds is 3. The number of aryl methyl sites for hydroxylation is 1. The maximum atomic E-state index is 13.5. The molecule has 0 saturated carbocycles. The summed E-state index contributed by atoms with van der Waals surface area (Å²) in [6.45, 7) is 2.89. The molecule has 2 aliphatic heterocycles. The fourth-order valence-corrected chi connectivity index (χ4v) is 5.88. The van der Waals surface area contributed by atoms with Gasteiger partial charge in [0.25, 0.3) is 5.91 Å². The van der Waals surface area contributed by atoms with E-state index in [1.54, 1.807) is 0 Å². The molecule has 170 valence electrons. The Morgan fingerprint density at radius 3 is 2.42 bits per heavy atom. The molecule has 1 atom stereocenters. The second-order valence-electron chi connectivity index (χ2n) is 9.31. The number of carbonyl (C=O) groups excluding carboxylic acids is 3. The normalized spacial score (nSPS) is 21.7. The first-order valence-electron chi connectivity index (χ1n) is 11.8. The summed E-state index contributed by atoms with van der Waals surface area (Å²) in [5.41, 5.74) is 3.43. The molecular weight excluding hydrogens is 414 g/mol. The molecule has 6 nitrogen and oxygen atoms in total. The molecule has 1 aliphatic carbocycles. The van der Waals surface area contributed by atoms with Gasteiger partial charge in [-0.05, 0) is 55.4 Å². The summed E-state index contributed by atoms with van der Waals surface area (Å²) in [5, 5.41) is 0. The van der Waals surface area contributed by atoms with Crippen LogP contribution in [0.2, 0.25) is 0 Å². The van der Waals surface area contributed by atoms with Gasteiger partial charge in [-0.3, -0.25) is 14.5 Å². The third-order valence-corrected chi connectivity index (χ3v) is 7.63. The molecule has 6 heteroatoms. The smallest absolute Gasteiger partial charge is 0.256 e. The van der Waals surface area contributed by atoms with E-state index in [9.17, 15) is 14.4 Å². The third kappa shape index (κ3) is 3.55. The lowest BCUT2D eigenvalue weighted by atomic mass is 9.79. The number of benzene rings is 2. The highest BCUT2D eigenvalue weighted by Crippen LogP contribution is 2.43. The van der Waals surface area contributed by atoms with Gasteiger partial charge in [-0.25, -0.2) is 4.79 Å². The number of imide groups is 1. The molecule has 2 heterocycles. The Balaban J connectivity index is 1.41. The standard InChI is InChI=1S/C27H29N3O3/c1-20(32)29-19-30(22-10-3-2-4-11-22)27(26(29)33)14-16-28(17-15-27)25(18-31)24-13-7-9-21-8-5-6-12-23(21)24/h2-6,8,10-12,24H,7,9,13-17,19H2,1H3. The van der Waals surface area contributed by atoms with Crippen LogP contribution in [0.3, 0.4) is 0 Å². The van der Waals surface area contributed by atoms with Crippen molar-refractivity contribution in [2.75, 3.05) is 24.7 Å². The van der Waals surface area contributed by atoms with Gasteiger partial charge in [-0.2, -0.15) is 0 Å². The first-order chi connectivity index (χ1) is 16.0. The van der Waals surface area contributed by atoms with Gasteiger partial charge in [0, 0.05) is 31.6 Å². The Labute approximate surface area is 194 Å². The molecule has 2 saturated heterocycles. The van der Waals surface area contributed by atoms with Crippen LogP contribution in [0.1, 0.15) is 49.7 Å².